The van der Waals surface area contributed by atoms with Crippen LogP contribution in [0.25, 0.3) is 22.3 Å². The van der Waals surface area contributed by atoms with Crippen LogP contribution in [0.5, 0.6) is 17.4 Å². The number of methoxy groups -OCH3 is 1. The molecule has 0 spiro atoms. The Bertz CT molecular complexity index is 1950. The summed E-state index contributed by atoms with van der Waals surface area (Å²) >= 11 is 0. The third-order valence-electron chi connectivity index (χ3n) is 8.69. The molecular formula is C36H34FN3O6. The zero-order valence-corrected chi connectivity index (χ0v) is 25.7. The second kappa shape index (κ2) is 12.4. The predicted octanol–water partition coefficient (Wildman–Crippen LogP) is 6.54. The number of nitrogens with zero attached hydrogens (tertiary/aromatic N) is 3. The fourth-order valence-electron chi connectivity index (χ4n) is 6.17. The number of ether oxygens (including phenoxy) is 4. The van der Waals surface area contributed by atoms with Gasteiger partial charge in [-0.1, -0.05) is 18.2 Å². The predicted molar refractivity (Wildman–Crippen MR) is 169 cm³/mol. The van der Waals surface area contributed by atoms with Gasteiger partial charge < -0.3 is 28.6 Å². The minimum Gasteiger partial charge on any atom is -0.494 e. The zero-order chi connectivity index (χ0) is 31.8. The molecule has 0 saturated carbocycles. The van der Waals surface area contributed by atoms with Gasteiger partial charge in [-0.3, -0.25) is 0 Å². The van der Waals surface area contributed by atoms with E-state index in [4.69, 9.17) is 28.9 Å². The number of carbonyl (C=O) groups is 1. The standard InChI is InChI=1S/C36H34FN3O6/c1-21-13-24(17-33-39-35-30(40(33)19-27-10-12-44-27)15-25(36(41)42)16-32(35)43-2)31-18-28(21)29-6-3-7-34(38-29)46-20-23-8-9-26(37)14-22(23)5-4-11-45-31/h3,6-9,13-16,18,27H,4-5,10-12,17,19-20H2,1-2H3,(H,41,42)/t27-/m0/s1. The highest BCUT2D eigenvalue weighted by molar-refractivity contribution is 5.95. The third kappa shape index (κ3) is 5.88. The number of aromatic carboxylic acids is 1. The Morgan fingerprint density at radius 3 is 2.72 bits per heavy atom. The van der Waals surface area contributed by atoms with E-state index in [-0.39, 0.29) is 17.5 Å². The maximum Gasteiger partial charge on any atom is 0.335 e. The van der Waals surface area contributed by atoms with Gasteiger partial charge in [0.1, 0.15) is 35.3 Å². The Labute approximate surface area is 265 Å². The van der Waals surface area contributed by atoms with E-state index >= 15 is 0 Å². The second-order valence-corrected chi connectivity index (χ2v) is 11.7. The Morgan fingerprint density at radius 2 is 1.93 bits per heavy atom. The van der Waals surface area contributed by atoms with Gasteiger partial charge in [0.15, 0.2) is 0 Å². The summed E-state index contributed by atoms with van der Waals surface area (Å²) in [5, 5.41) is 9.79. The van der Waals surface area contributed by atoms with Gasteiger partial charge in [0, 0.05) is 30.2 Å². The lowest BCUT2D eigenvalue weighted by atomic mass is 9.99. The van der Waals surface area contributed by atoms with Crippen molar-refractivity contribution in [1.29, 1.82) is 0 Å². The van der Waals surface area contributed by atoms with Crippen LogP contribution in [0.4, 0.5) is 4.39 Å². The summed E-state index contributed by atoms with van der Waals surface area (Å²) in [6, 6.07) is 17.7. The van der Waals surface area contributed by atoms with Crippen LogP contribution in [0.15, 0.2) is 60.7 Å². The molecule has 4 heterocycles. The topological polar surface area (TPSA) is 105 Å². The molecule has 1 N–H and O–H groups in total. The van der Waals surface area contributed by atoms with E-state index in [1.165, 1.54) is 19.2 Å². The molecule has 1 saturated heterocycles. The van der Waals surface area contributed by atoms with Gasteiger partial charge in [-0.2, -0.15) is 0 Å². The number of fused-ring (bicyclic) bond motifs is 7. The molecule has 10 heteroatoms. The van der Waals surface area contributed by atoms with E-state index in [1.54, 1.807) is 18.2 Å². The van der Waals surface area contributed by atoms with Gasteiger partial charge in [-0.15, -0.1) is 0 Å². The van der Waals surface area contributed by atoms with E-state index in [2.05, 4.69) is 6.07 Å². The van der Waals surface area contributed by atoms with Gasteiger partial charge in [-0.05, 0) is 79.3 Å². The van der Waals surface area contributed by atoms with E-state index < -0.39 is 5.97 Å². The number of halogens is 1. The Morgan fingerprint density at radius 1 is 1.07 bits per heavy atom. The highest BCUT2D eigenvalue weighted by atomic mass is 19.1. The van der Waals surface area contributed by atoms with Gasteiger partial charge in [-0.25, -0.2) is 19.2 Å². The first-order valence-corrected chi connectivity index (χ1v) is 15.4. The maximum absolute atomic E-state index is 14.2. The van der Waals surface area contributed by atoms with Gasteiger partial charge in [0.25, 0.3) is 0 Å². The molecule has 236 valence electrons. The average molecular weight is 624 g/mol. The van der Waals surface area contributed by atoms with Crippen LogP contribution in [0.3, 0.4) is 0 Å². The average Bonchev–Trinajstić information content (AvgIpc) is 3.37. The quantitative estimate of drug-likeness (QED) is 0.228. The Hall–Kier alpha value is -4.96. The normalized spacial score (nSPS) is 16.0. The highest BCUT2D eigenvalue weighted by Gasteiger charge is 2.25. The molecule has 1 atom stereocenters. The lowest BCUT2D eigenvalue weighted by Crippen LogP contribution is -2.31. The molecule has 2 aliphatic heterocycles. The fourth-order valence-corrected chi connectivity index (χ4v) is 6.17. The first kappa shape index (κ1) is 29.7. The lowest BCUT2D eigenvalue weighted by Gasteiger charge is -2.27. The summed E-state index contributed by atoms with van der Waals surface area (Å²) in [7, 11) is 1.52. The minimum absolute atomic E-state index is 0.0160. The molecule has 4 bridgehead atoms. The van der Waals surface area contributed by atoms with Crippen molar-refractivity contribution in [2.45, 2.75) is 51.9 Å². The number of imidazole rings is 1. The van der Waals surface area contributed by atoms with Crippen molar-refractivity contribution < 1.29 is 33.2 Å². The van der Waals surface area contributed by atoms with Crippen LogP contribution in [0, 0.1) is 12.7 Å². The number of carboxylic acid groups (broad SMARTS) is 1. The third-order valence-corrected chi connectivity index (χ3v) is 8.69. The molecule has 0 radical (unpaired) electrons. The van der Waals surface area contributed by atoms with Gasteiger partial charge >= 0.3 is 5.97 Å². The Kier molecular flexibility index (Phi) is 8.04. The van der Waals surface area contributed by atoms with Crippen LogP contribution in [0.1, 0.15) is 51.3 Å². The van der Waals surface area contributed by atoms with Crippen molar-refractivity contribution in [2.24, 2.45) is 0 Å². The van der Waals surface area contributed by atoms with E-state index in [1.807, 2.05) is 35.8 Å². The molecule has 7 rings (SSSR count). The van der Waals surface area contributed by atoms with Crippen LogP contribution < -0.4 is 14.2 Å². The molecular weight excluding hydrogens is 589 g/mol. The van der Waals surface area contributed by atoms with Crippen molar-refractivity contribution in [1.82, 2.24) is 14.5 Å². The highest BCUT2D eigenvalue weighted by Crippen LogP contribution is 2.35. The number of aryl methyl sites for hydroxylation is 2. The minimum atomic E-state index is -1.04. The monoisotopic (exact) mass is 623 g/mol. The molecule has 1 fully saturated rings. The van der Waals surface area contributed by atoms with Crippen molar-refractivity contribution >= 4 is 17.0 Å². The molecule has 0 amide bonds. The lowest BCUT2D eigenvalue weighted by molar-refractivity contribution is -0.0589. The number of benzene rings is 3. The van der Waals surface area contributed by atoms with Crippen molar-refractivity contribution in [3.63, 3.8) is 0 Å². The molecule has 5 aromatic rings. The molecule has 46 heavy (non-hydrogen) atoms. The van der Waals surface area contributed by atoms with Crippen molar-refractivity contribution in [3.8, 4) is 28.6 Å². The molecule has 9 nitrogen and oxygen atoms in total. The van der Waals surface area contributed by atoms with Crippen LogP contribution >= 0.6 is 0 Å². The van der Waals surface area contributed by atoms with Crippen molar-refractivity contribution in [3.05, 3.63) is 100 Å². The summed E-state index contributed by atoms with van der Waals surface area (Å²) in [5.41, 5.74) is 6.81. The van der Waals surface area contributed by atoms with Crippen LogP contribution in [-0.2, 0) is 30.7 Å². The van der Waals surface area contributed by atoms with Crippen LogP contribution in [0.2, 0.25) is 0 Å². The summed E-state index contributed by atoms with van der Waals surface area (Å²) in [4.78, 5) is 21.7. The SMILES string of the molecule is COc1cc(C(=O)O)cc2c1nc(Cc1cc(C)c3cc1OCCCc1cc(F)ccc1COc1cccc-3n1)n2C[C@@H]1CCO1. The molecule has 3 aromatic carbocycles. The van der Waals surface area contributed by atoms with E-state index in [0.29, 0.717) is 74.0 Å². The number of hydrogen-bond donors (Lipinski definition) is 1. The molecule has 0 unspecified atom stereocenters. The number of hydrogen-bond acceptors (Lipinski definition) is 7. The maximum atomic E-state index is 14.2. The number of carboxylic acids is 1. The molecule has 2 aromatic heterocycles. The largest absolute Gasteiger partial charge is 0.494 e. The first-order valence-electron chi connectivity index (χ1n) is 15.4. The summed E-state index contributed by atoms with van der Waals surface area (Å²) < 4.78 is 40.1. The molecule has 2 aliphatic rings. The van der Waals surface area contributed by atoms with Crippen molar-refractivity contribution in [2.75, 3.05) is 20.3 Å². The number of pyridine rings is 1. The van der Waals surface area contributed by atoms with Gasteiger partial charge in [0.05, 0.1) is 43.1 Å². The summed E-state index contributed by atoms with van der Waals surface area (Å²) in [6.45, 7) is 3.99. The van der Waals surface area contributed by atoms with E-state index in [9.17, 15) is 14.3 Å². The van der Waals surface area contributed by atoms with Crippen LogP contribution in [-0.4, -0.2) is 52.0 Å². The number of aromatic nitrogens is 3. The second-order valence-electron chi connectivity index (χ2n) is 11.7. The Balaban J connectivity index is 1.31. The first-order chi connectivity index (χ1) is 22.4. The zero-order valence-electron chi connectivity index (χ0n) is 25.7. The summed E-state index contributed by atoms with van der Waals surface area (Å²) in [6.07, 6.45) is 2.66. The van der Waals surface area contributed by atoms with E-state index in [0.717, 1.165) is 45.8 Å². The summed E-state index contributed by atoms with van der Waals surface area (Å²) in [5.74, 6) is 1.01. The molecule has 0 aliphatic carbocycles. The smallest absolute Gasteiger partial charge is 0.335 e. The number of rotatable bonds is 6. The fraction of sp³-hybridized carbons (Fsp3) is 0.306. The van der Waals surface area contributed by atoms with Gasteiger partial charge in [0.2, 0.25) is 5.88 Å².